The number of carbonyl (C=O) groups is 1. The van der Waals surface area contributed by atoms with Gasteiger partial charge < -0.3 is 4.90 Å². The predicted molar refractivity (Wildman–Crippen MR) is 99.1 cm³/mol. The fraction of sp³-hybridized carbons (Fsp3) is 0.158. The van der Waals surface area contributed by atoms with Crippen LogP contribution in [0.3, 0.4) is 0 Å². The number of aromatic nitrogens is 1. The third-order valence-corrected chi connectivity index (χ3v) is 4.87. The molecule has 128 valence electrons. The third-order valence-electron chi connectivity index (χ3n) is 3.69. The van der Waals surface area contributed by atoms with Crippen molar-refractivity contribution in [3.63, 3.8) is 0 Å². The molecule has 0 N–H and O–H groups in total. The molecule has 0 saturated heterocycles. The van der Waals surface area contributed by atoms with Crippen LogP contribution in [0.4, 0.5) is 4.39 Å². The fourth-order valence-corrected chi connectivity index (χ4v) is 3.46. The molecule has 0 bridgehead atoms. The maximum atomic E-state index is 13.3. The maximum absolute atomic E-state index is 13.3. The Balaban J connectivity index is 1.65. The molecule has 0 radical (unpaired) electrons. The third kappa shape index (κ3) is 4.65. The summed E-state index contributed by atoms with van der Waals surface area (Å²) in [6.45, 7) is 0.486. The van der Waals surface area contributed by atoms with Crippen LogP contribution in [0.25, 0.3) is 10.6 Å². The van der Waals surface area contributed by atoms with E-state index in [9.17, 15) is 9.18 Å². The number of rotatable bonds is 5. The topological polar surface area (TPSA) is 33.2 Å². The first-order valence-electron chi connectivity index (χ1n) is 7.70. The van der Waals surface area contributed by atoms with Crippen LogP contribution in [0.15, 0.2) is 53.9 Å². The van der Waals surface area contributed by atoms with Gasteiger partial charge in [0.05, 0.1) is 12.1 Å². The molecule has 0 aliphatic heterocycles. The van der Waals surface area contributed by atoms with Crippen molar-refractivity contribution < 1.29 is 9.18 Å². The van der Waals surface area contributed by atoms with Crippen molar-refractivity contribution in [2.75, 3.05) is 7.05 Å². The molecule has 0 unspecified atom stereocenters. The Morgan fingerprint density at radius 2 is 2.04 bits per heavy atom. The molecule has 6 heteroatoms. The van der Waals surface area contributed by atoms with Crippen molar-refractivity contribution >= 4 is 28.8 Å². The number of thiazole rings is 1. The summed E-state index contributed by atoms with van der Waals surface area (Å²) in [6, 6.07) is 13.7. The summed E-state index contributed by atoms with van der Waals surface area (Å²) >= 11 is 7.38. The molecule has 0 aliphatic carbocycles. The highest BCUT2D eigenvalue weighted by atomic mass is 35.5. The lowest BCUT2D eigenvalue weighted by Gasteiger charge is -2.16. The molecule has 0 spiro atoms. The van der Waals surface area contributed by atoms with Gasteiger partial charge >= 0.3 is 0 Å². The number of likely N-dealkylation sites (N-methyl/N-ethyl adjacent to an activating group) is 1. The van der Waals surface area contributed by atoms with Gasteiger partial charge in [0.2, 0.25) is 5.91 Å². The van der Waals surface area contributed by atoms with E-state index in [-0.39, 0.29) is 18.1 Å². The second-order valence-corrected chi connectivity index (χ2v) is 7.01. The standard InChI is InChI=1S/C19H16ClFN2OS/c1-23(11-13-4-2-6-15(20)8-13)18(24)10-17-12-25-19(22-17)14-5-3-7-16(21)9-14/h2-9,12H,10-11H2,1H3. The van der Waals surface area contributed by atoms with Gasteiger partial charge in [-0.1, -0.05) is 35.9 Å². The molecule has 3 rings (SSSR count). The number of hydrogen-bond donors (Lipinski definition) is 0. The smallest absolute Gasteiger partial charge is 0.228 e. The normalized spacial score (nSPS) is 10.7. The molecule has 2 aromatic carbocycles. The average Bonchev–Trinajstić information content (AvgIpc) is 3.03. The number of amides is 1. The lowest BCUT2D eigenvalue weighted by Crippen LogP contribution is -2.27. The van der Waals surface area contributed by atoms with Crippen LogP contribution in [0, 0.1) is 5.82 Å². The molecule has 3 aromatic rings. The number of halogens is 2. The molecule has 0 saturated carbocycles. The zero-order valence-electron chi connectivity index (χ0n) is 13.6. The molecule has 1 amide bonds. The first-order valence-corrected chi connectivity index (χ1v) is 8.96. The molecule has 1 heterocycles. The number of benzene rings is 2. The molecular weight excluding hydrogens is 359 g/mol. The van der Waals surface area contributed by atoms with Crippen LogP contribution in [0.2, 0.25) is 5.02 Å². The van der Waals surface area contributed by atoms with Gasteiger partial charge in [-0.05, 0) is 29.8 Å². The minimum Gasteiger partial charge on any atom is -0.341 e. The summed E-state index contributed by atoms with van der Waals surface area (Å²) in [5, 5.41) is 3.20. The fourth-order valence-electron chi connectivity index (χ4n) is 2.43. The van der Waals surface area contributed by atoms with Crippen molar-refractivity contribution in [3.05, 3.63) is 76.0 Å². The Kier molecular flexibility index (Phi) is 5.46. The van der Waals surface area contributed by atoms with Crippen LogP contribution in [-0.2, 0) is 17.8 Å². The van der Waals surface area contributed by atoms with E-state index in [1.165, 1.54) is 23.5 Å². The first-order chi connectivity index (χ1) is 12.0. The highest BCUT2D eigenvalue weighted by Crippen LogP contribution is 2.24. The molecule has 3 nitrogen and oxygen atoms in total. The lowest BCUT2D eigenvalue weighted by atomic mass is 10.2. The van der Waals surface area contributed by atoms with Gasteiger partial charge in [0.25, 0.3) is 0 Å². The number of hydrogen-bond acceptors (Lipinski definition) is 3. The Hall–Kier alpha value is -2.24. The summed E-state index contributed by atoms with van der Waals surface area (Å²) in [5.74, 6) is -0.331. The summed E-state index contributed by atoms with van der Waals surface area (Å²) in [4.78, 5) is 18.5. The summed E-state index contributed by atoms with van der Waals surface area (Å²) < 4.78 is 13.3. The van der Waals surface area contributed by atoms with Gasteiger partial charge in [0.1, 0.15) is 10.8 Å². The molecule has 1 aromatic heterocycles. The van der Waals surface area contributed by atoms with Crippen LogP contribution in [0.5, 0.6) is 0 Å². The largest absolute Gasteiger partial charge is 0.341 e. The van der Waals surface area contributed by atoms with Crippen LogP contribution < -0.4 is 0 Å². The summed E-state index contributed by atoms with van der Waals surface area (Å²) in [6.07, 6.45) is 0.211. The van der Waals surface area contributed by atoms with Crippen molar-refractivity contribution in [2.45, 2.75) is 13.0 Å². The zero-order valence-corrected chi connectivity index (χ0v) is 15.1. The predicted octanol–water partition coefficient (Wildman–Crippen LogP) is 4.80. The van der Waals surface area contributed by atoms with E-state index in [2.05, 4.69) is 4.98 Å². The molecule has 0 aliphatic rings. The maximum Gasteiger partial charge on any atom is 0.228 e. The molecule has 0 fully saturated rings. The van der Waals surface area contributed by atoms with Crippen molar-refractivity contribution in [1.82, 2.24) is 9.88 Å². The van der Waals surface area contributed by atoms with Crippen LogP contribution >= 0.6 is 22.9 Å². The molecular formula is C19H16ClFN2OS. The first kappa shape index (κ1) is 17.6. The minimum absolute atomic E-state index is 0.0314. The molecule has 0 atom stereocenters. The quantitative estimate of drug-likeness (QED) is 0.642. The Bertz CT molecular complexity index is 896. The van der Waals surface area contributed by atoms with E-state index in [1.807, 2.05) is 23.6 Å². The van der Waals surface area contributed by atoms with Gasteiger partial charge in [-0.25, -0.2) is 9.37 Å². The Morgan fingerprint density at radius 3 is 2.80 bits per heavy atom. The Labute approximate surface area is 154 Å². The van der Waals surface area contributed by atoms with Gasteiger partial charge in [-0.15, -0.1) is 11.3 Å². The monoisotopic (exact) mass is 374 g/mol. The second-order valence-electron chi connectivity index (χ2n) is 5.71. The van der Waals surface area contributed by atoms with Gasteiger partial charge in [-0.3, -0.25) is 4.79 Å². The van der Waals surface area contributed by atoms with Crippen molar-refractivity contribution in [1.29, 1.82) is 0 Å². The number of nitrogens with zero attached hydrogens (tertiary/aromatic N) is 2. The highest BCUT2D eigenvalue weighted by molar-refractivity contribution is 7.13. The van der Waals surface area contributed by atoms with Gasteiger partial charge in [-0.2, -0.15) is 0 Å². The van der Waals surface area contributed by atoms with E-state index in [0.717, 1.165) is 11.1 Å². The van der Waals surface area contributed by atoms with E-state index in [1.54, 1.807) is 30.1 Å². The average molecular weight is 375 g/mol. The number of carbonyl (C=O) groups excluding carboxylic acids is 1. The van der Waals surface area contributed by atoms with Crippen molar-refractivity contribution in [3.8, 4) is 10.6 Å². The van der Waals surface area contributed by atoms with E-state index in [0.29, 0.717) is 22.3 Å². The SMILES string of the molecule is CN(Cc1cccc(Cl)c1)C(=O)Cc1csc(-c2cccc(F)c2)n1. The van der Waals surface area contributed by atoms with E-state index >= 15 is 0 Å². The summed E-state index contributed by atoms with van der Waals surface area (Å²) in [5.41, 5.74) is 2.38. The van der Waals surface area contributed by atoms with Crippen molar-refractivity contribution in [2.24, 2.45) is 0 Å². The summed E-state index contributed by atoms with van der Waals surface area (Å²) in [7, 11) is 1.75. The van der Waals surface area contributed by atoms with E-state index in [4.69, 9.17) is 11.6 Å². The highest BCUT2D eigenvalue weighted by Gasteiger charge is 2.13. The van der Waals surface area contributed by atoms with Gasteiger partial charge in [0.15, 0.2) is 0 Å². The van der Waals surface area contributed by atoms with E-state index < -0.39 is 0 Å². The zero-order chi connectivity index (χ0) is 17.8. The van der Waals surface area contributed by atoms with Crippen LogP contribution in [-0.4, -0.2) is 22.8 Å². The van der Waals surface area contributed by atoms with Crippen LogP contribution in [0.1, 0.15) is 11.3 Å². The minimum atomic E-state index is -0.299. The molecule has 25 heavy (non-hydrogen) atoms. The second kappa shape index (κ2) is 7.76. The Morgan fingerprint density at radius 1 is 1.24 bits per heavy atom. The lowest BCUT2D eigenvalue weighted by molar-refractivity contribution is -0.129. The van der Waals surface area contributed by atoms with Gasteiger partial charge in [0, 0.05) is 29.6 Å².